The topological polar surface area (TPSA) is 74.2 Å². The van der Waals surface area contributed by atoms with Gasteiger partial charge in [0.2, 0.25) is 0 Å². The number of hydrogen-bond acceptors (Lipinski definition) is 5. The summed E-state index contributed by atoms with van der Waals surface area (Å²) in [6.07, 6.45) is 13.4. The fraction of sp³-hybridized carbons (Fsp3) is 0.690. The maximum atomic E-state index is 11.8. The fourth-order valence-corrected chi connectivity index (χ4v) is 6.91. The average molecular weight is 523 g/mol. The first-order valence-corrected chi connectivity index (χ1v) is 16.0. The van der Waals surface area contributed by atoms with E-state index in [-0.39, 0.29) is 0 Å². The van der Waals surface area contributed by atoms with Gasteiger partial charge in [0.1, 0.15) is 5.75 Å². The Hall–Kier alpha value is -1.67. The fourth-order valence-electron chi connectivity index (χ4n) is 4.22. The van der Waals surface area contributed by atoms with Crippen LogP contribution in [0.5, 0.6) is 5.75 Å². The highest BCUT2D eigenvalue weighted by Gasteiger charge is 2.39. The second-order valence-electron chi connectivity index (χ2n) is 9.06. The van der Waals surface area contributed by atoms with E-state index >= 15 is 0 Å². The van der Waals surface area contributed by atoms with Crippen molar-refractivity contribution >= 4 is 20.8 Å². The molecule has 0 radical (unpaired) electrons. The summed E-state index contributed by atoms with van der Waals surface area (Å²) in [5, 5.41) is 9.71. The Bertz CT molecular complexity index is 719. The summed E-state index contributed by atoms with van der Waals surface area (Å²) in [5.41, 5.74) is 1.30. The van der Waals surface area contributed by atoms with E-state index in [9.17, 15) is 9.90 Å². The highest BCUT2D eigenvalue weighted by molar-refractivity contribution is 6.60. The number of hydrogen-bond donors (Lipinski definition) is 1. The van der Waals surface area contributed by atoms with Gasteiger partial charge in [-0.25, -0.2) is 4.79 Å². The van der Waals surface area contributed by atoms with Gasteiger partial charge < -0.3 is 23.1 Å². The summed E-state index contributed by atoms with van der Waals surface area (Å²) in [6, 6.07) is 8.52. The lowest BCUT2D eigenvalue weighted by atomic mass is 10.0. The summed E-state index contributed by atoms with van der Waals surface area (Å²) >= 11 is 0. The average Bonchev–Trinajstić information content (AvgIpc) is 2.85. The zero-order valence-electron chi connectivity index (χ0n) is 23.2. The van der Waals surface area contributed by atoms with E-state index in [1.807, 2.05) is 45.0 Å². The molecule has 1 aromatic rings. The minimum absolute atomic E-state index is 0.435. The van der Waals surface area contributed by atoms with Gasteiger partial charge in [-0.15, -0.1) is 0 Å². The molecule has 0 aromatic heterocycles. The Morgan fingerprint density at radius 1 is 0.833 bits per heavy atom. The zero-order chi connectivity index (χ0) is 26.5. The monoisotopic (exact) mass is 522 g/mol. The molecule has 1 N–H and O–H groups in total. The Labute approximate surface area is 220 Å². The van der Waals surface area contributed by atoms with Gasteiger partial charge in [-0.2, -0.15) is 0 Å². The number of carboxylic acids is 1. The van der Waals surface area contributed by atoms with Gasteiger partial charge in [0.25, 0.3) is 0 Å². The summed E-state index contributed by atoms with van der Waals surface area (Å²) in [6.45, 7) is 10.6. The molecule has 0 amide bonds. The molecule has 206 valence electrons. The van der Waals surface area contributed by atoms with Crippen LogP contribution in [0.4, 0.5) is 0 Å². The number of benzene rings is 1. The van der Waals surface area contributed by atoms with Crippen molar-refractivity contribution in [1.29, 1.82) is 0 Å². The molecule has 0 fully saturated rings. The van der Waals surface area contributed by atoms with Crippen molar-refractivity contribution in [3.05, 3.63) is 35.4 Å². The van der Waals surface area contributed by atoms with Gasteiger partial charge in [0.15, 0.2) is 0 Å². The van der Waals surface area contributed by atoms with Crippen LogP contribution in [0.2, 0.25) is 6.04 Å². The molecule has 0 aliphatic carbocycles. The van der Waals surface area contributed by atoms with Crippen molar-refractivity contribution < 1.29 is 27.9 Å². The maximum absolute atomic E-state index is 11.8. The van der Waals surface area contributed by atoms with Crippen LogP contribution in [0.15, 0.2) is 29.8 Å². The van der Waals surface area contributed by atoms with Crippen LogP contribution < -0.4 is 4.74 Å². The van der Waals surface area contributed by atoms with Gasteiger partial charge in [-0.05, 0) is 70.2 Å². The molecule has 0 saturated carbocycles. The number of ether oxygens (including phenoxy) is 1. The van der Waals surface area contributed by atoms with Crippen LogP contribution in [0.1, 0.15) is 104 Å². The minimum atomic E-state index is -2.59. The molecule has 0 saturated heterocycles. The van der Waals surface area contributed by atoms with Crippen molar-refractivity contribution in [3.63, 3.8) is 0 Å². The van der Waals surface area contributed by atoms with Gasteiger partial charge in [-0.3, -0.25) is 0 Å². The molecule has 0 aliphatic heterocycles. The van der Waals surface area contributed by atoms with Crippen molar-refractivity contribution in [2.75, 3.05) is 26.4 Å². The molecule has 0 unspecified atom stereocenters. The molecule has 0 atom stereocenters. The van der Waals surface area contributed by atoms with Gasteiger partial charge in [-0.1, -0.05) is 64.0 Å². The molecular formula is C29H50O6Si. The normalized spacial score (nSPS) is 12.2. The highest BCUT2D eigenvalue weighted by Crippen LogP contribution is 2.22. The summed E-state index contributed by atoms with van der Waals surface area (Å²) < 4.78 is 23.6. The standard InChI is InChI=1S/C29H50O6Si/c1-5-9-10-11-13-16-22-32-28-21-18-19-26(25-28)24-27(29(30)31)20-15-12-14-17-23-36(33-6-2,34-7-3)35-8-4/h18-19,21,24-25H,5-17,20,22-23H2,1-4H3,(H,30,31)/b27-24+. The number of carbonyl (C=O) groups is 1. The third-order valence-corrected chi connectivity index (χ3v) is 9.16. The third kappa shape index (κ3) is 14.2. The molecule has 0 aliphatic rings. The minimum Gasteiger partial charge on any atom is -0.494 e. The molecule has 1 rings (SSSR count). The molecular weight excluding hydrogens is 472 g/mol. The first-order valence-electron chi connectivity index (χ1n) is 14.1. The predicted molar refractivity (Wildman–Crippen MR) is 149 cm³/mol. The van der Waals surface area contributed by atoms with Crippen LogP contribution in [0.25, 0.3) is 6.08 Å². The first kappa shape index (κ1) is 32.4. The summed E-state index contributed by atoms with van der Waals surface area (Å²) in [4.78, 5) is 11.8. The van der Waals surface area contributed by atoms with E-state index in [0.29, 0.717) is 38.4 Å². The molecule has 0 spiro atoms. The van der Waals surface area contributed by atoms with E-state index in [1.54, 1.807) is 6.08 Å². The second kappa shape index (κ2) is 20.4. The molecule has 0 heterocycles. The van der Waals surface area contributed by atoms with Gasteiger partial charge in [0, 0.05) is 31.4 Å². The predicted octanol–water partition coefficient (Wildman–Crippen LogP) is 7.89. The van der Waals surface area contributed by atoms with Gasteiger partial charge in [0.05, 0.1) is 6.61 Å². The lowest BCUT2D eigenvalue weighted by molar-refractivity contribution is -0.132. The first-order chi connectivity index (χ1) is 17.5. The van der Waals surface area contributed by atoms with Crippen molar-refractivity contribution in [3.8, 4) is 5.75 Å². The summed E-state index contributed by atoms with van der Waals surface area (Å²) in [7, 11) is -2.59. The lowest BCUT2D eigenvalue weighted by Gasteiger charge is -2.28. The van der Waals surface area contributed by atoms with E-state index < -0.39 is 14.8 Å². The van der Waals surface area contributed by atoms with Crippen molar-refractivity contribution in [1.82, 2.24) is 0 Å². The van der Waals surface area contributed by atoms with E-state index in [1.165, 1.54) is 32.1 Å². The second-order valence-corrected chi connectivity index (χ2v) is 11.8. The zero-order valence-corrected chi connectivity index (χ0v) is 24.2. The Morgan fingerprint density at radius 2 is 1.44 bits per heavy atom. The quantitative estimate of drug-likeness (QED) is 0.0894. The van der Waals surface area contributed by atoms with E-state index in [2.05, 4.69) is 6.92 Å². The van der Waals surface area contributed by atoms with Crippen LogP contribution in [0, 0.1) is 0 Å². The molecule has 36 heavy (non-hydrogen) atoms. The molecule has 1 aromatic carbocycles. The van der Waals surface area contributed by atoms with Gasteiger partial charge >= 0.3 is 14.8 Å². The number of rotatable bonds is 23. The Kier molecular flexibility index (Phi) is 18.3. The van der Waals surface area contributed by atoms with Crippen LogP contribution in [-0.2, 0) is 18.1 Å². The smallest absolute Gasteiger partial charge is 0.494 e. The highest BCUT2D eigenvalue weighted by atomic mass is 28.4. The summed E-state index contributed by atoms with van der Waals surface area (Å²) in [5.74, 6) is -0.0588. The molecule has 6 nitrogen and oxygen atoms in total. The van der Waals surface area contributed by atoms with E-state index in [0.717, 1.165) is 49.5 Å². The largest absolute Gasteiger partial charge is 0.500 e. The maximum Gasteiger partial charge on any atom is 0.500 e. The number of aliphatic carboxylic acids is 1. The van der Waals surface area contributed by atoms with Crippen LogP contribution in [-0.4, -0.2) is 46.3 Å². The van der Waals surface area contributed by atoms with Crippen molar-refractivity contribution in [2.24, 2.45) is 0 Å². The Balaban J connectivity index is 2.49. The van der Waals surface area contributed by atoms with Crippen LogP contribution >= 0.6 is 0 Å². The van der Waals surface area contributed by atoms with E-state index in [4.69, 9.17) is 18.0 Å². The van der Waals surface area contributed by atoms with Crippen LogP contribution in [0.3, 0.4) is 0 Å². The number of carboxylic acid groups (broad SMARTS) is 1. The number of unbranched alkanes of at least 4 members (excludes halogenated alkanes) is 8. The Morgan fingerprint density at radius 3 is 2.08 bits per heavy atom. The SMILES string of the molecule is CCCCCCCCOc1cccc(/C=C(\CCCCCC[Si](OCC)(OCC)OCC)C(=O)O)c1. The molecule has 7 heteroatoms. The lowest BCUT2D eigenvalue weighted by Crippen LogP contribution is -2.45. The molecule has 0 bridgehead atoms. The van der Waals surface area contributed by atoms with Crippen molar-refractivity contribution in [2.45, 2.75) is 104 Å². The third-order valence-electron chi connectivity index (χ3n) is 6.01.